The van der Waals surface area contributed by atoms with Crippen molar-refractivity contribution in [1.82, 2.24) is 0 Å². The van der Waals surface area contributed by atoms with E-state index in [4.69, 9.17) is 21.1 Å². The molecule has 1 fully saturated rings. The van der Waals surface area contributed by atoms with Crippen LogP contribution in [0.4, 0.5) is 5.69 Å². The molecule has 0 aliphatic heterocycles. The van der Waals surface area contributed by atoms with Crippen LogP contribution in [0.25, 0.3) is 0 Å². The van der Waals surface area contributed by atoms with Crippen molar-refractivity contribution in [2.24, 2.45) is 5.92 Å². The van der Waals surface area contributed by atoms with E-state index in [-0.39, 0.29) is 0 Å². The molecule has 0 atom stereocenters. The molecule has 0 bridgehead atoms. The highest BCUT2D eigenvalue weighted by molar-refractivity contribution is 6.32. The van der Waals surface area contributed by atoms with Crippen LogP contribution in [0, 0.1) is 5.92 Å². The van der Waals surface area contributed by atoms with Gasteiger partial charge in [-0.3, -0.25) is 0 Å². The lowest BCUT2D eigenvalue weighted by molar-refractivity contribution is 0.308. The van der Waals surface area contributed by atoms with E-state index in [1.807, 2.05) is 12.1 Å². The fourth-order valence-corrected chi connectivity index (χ4v) is 2.45. The van der Waals surface area contributed by atoms with E-state index in [1.54, 1.807) is 14.2 Å². The number of nitrogens with one attached hydrogen (secondary N) is 1. The molecule has 17 heavy (non-hydrogen) atoms. The van der Waals surface area contributed by atoms with Gasteiger partial charge >= 0.3 is 0 Å². The van der Waals surface area contributed by atoms with Gasteiger partial charge < -0.3 is 14.8 Å². The third-order valence-corrected chi connectivity index (χ3v) is 3.50. The normalized spacial score (nSPS) is 22.8. The molecule has 0 saturated heterocycles. The topological polar surface area (TPSA) is 30.5 Å². The van der Waals surface area contributed by atoms with Gasteiger partial charge in [-0.15, -0.1) is 0 Å². The van der Waals surface area contributed by atoms with Gasteiger partial charge in [0.25, 0.3) is 0 Å². The Morgan fingerprint density at radius 3 is 2.35 bits per heavy atom. The number of hydrogen-bond acceptors (Lipinski definition) is 3. The molecule has 0 aromatic heterocycles. The molecular formula is C13H18ClNO2. The van der Waals surface area contributed by atoms with Gasteiger partial charge in [-0.1, -0.05) is 18.5 Å². The van der Waals surface area contributed by atoms with E-state index >= 15 is 0 Å². The van der Waals surface area contributed by atoms with Crippen LogP contribution in [0.5, 0.6) is 11.5 Å². The van der Waals surface area contributed by atoms with Crippen molar-refractivity contribution in [3.05, 3.63) is 17.2 Å². The van der Waals surface area contributed by atoms with Crippen LogP contribution in [-0.2, 0) is 0 Å². The summed E-state index contributed by atoms with van der Waals surface area (Å²) in [6, 6.07) is 4.21. The highest BCUT2D eigenvalue weighted by atomic mass is 35.5. The van der Waals surface area contributed by atoms with Gasteiger partial charge in [-0.25, -0.2) is 0 Å². The summed E-state index contributed by atoms with van der Waals surface area (Å²) in [6.45, 7) is 2.26. The molecule has 1 saturated carbocycles. The molecule has 1 aromatic rings. The molecule has 4 heteroatoms. The summed E-state index contributed by atoms with van der Waals surface area (Å²) in [5, 5.41) is 4.06. The van der Waals surface area contributed by atoms with E-state index in [2.05, 4.69) is 12.2 Å². The first kappa shape index (κ1) is 12.4. The zero-order valence-electron chi connectivity index (χ0n) is 10.4. The predicted octanol–water partition coefficient (Wildman–Crippen LogP) is 3.57. The molecule has 1 aromatic carbocycles. The second-order valence-electron chi connectivity index (χ2n) is 4.60. The van der Waals surface area contributed by atoms with E-state index in [0.717, 1.165) is 17.4 Å². The smallest absolute Gasteiger partial charge is 0.145 e. The number of benzene rings is 1. The summed E-state index contributed by atoms with van der Waals surface area (Å²) in [5.41, 5.74) is 0.940. The van der Waals surface area contributed by atoms with Gasteiger partial charge in [0.05, 0.1) is 24.9 Å². The Labute approximate surface area is 107 Å². The highest BCUT2D eigenvalue weighted by Crippen LogP contribution is 2.38. The molecule has 0 heterocycles. The Kier molecular flexibility index (Phi) is 3.67. The Balaban J connectivity index is 2.17. The monoisotopic (exact) mass is 255 g/mol. The first-order valence-electron chi connectivity index (χ1n) is 5.82. The lowest BCUT2D eigenvalue weighted by atomic mass is 9.82. The van der Waals surface area contributed by atoms with E-state index < -0.39 is 0 Å². The van der Waals surface area contributed by atoms with Crippen LogP contribution < -0.4 is 14.8 Å². The Morgan fingerprint density at radius 2 is 1.82 bits per heavy atom. The van der Waals surface area contributed by atoms with Crippen molar-refractivity contribution in [2.75, 3.05) is 19.5 Å². The zero-order chi connectivity index (χ0) is 12.4. The van der Waals surface area contributed by atoms with Gasteiger partial charge in [0.1, 0.15) is 11.5 Å². The highest BCUT2D eigenvalue weighted by Gasteiger charge is 2.26. The largest absolute Gasteiger partial charge is 0.495 e. The van der Waals surface area contributed by atoms with Gasteiger partial charge in [0.2, 0.25) is 0 Å². The fourth-order valence-electron chi connectivity index (χ4n) is 2.21. The summed E-state index contributed by atoms with van der Waals surface area (Å²) in [5.74, 6) is 2.22. The summed E-state index contributed by atoms with van der Waals surface area (Å²) in [7, 11) is 3.25. The van der Waals surface area contributed by atoms with E-state index in [1.165, 1.54) is 12.8 Å². The maximum atomic E-state index is 6.11. The van der Waals surface area contributed by atoms with E-state index in [9.17, 15) is 0 Å². The Hall–Kier alpha value is -1.09. The number of rotatable bonds is 4. The maximum absolute atomic E-state index is 6.11. The average molecular weight is 256 g/mol. The van der Waals surface area contributed by atoms with E-state index in [0.29, 0.717) is 16.8 Å². The maximum Gasteiger partial charge on any atom is 0.145 e. The minimum Gasteiger partial charge on any atom is -0.495 e. The molecule has 1 aliphatic carbocycles. The Bertz CT molecular complexity index is 403. The first-order chi connectivity index (χ1) is 8.13. The van der Waals surface area contributed by atoms with Crippen LogP contribution in [0.1, 0.15) is 19.8 Å². The van der Waals surface area contributed by atoms with Gasteiger partial charge in [0.15, 0.2) is 0 Å². The zero-order valence-corrected chi connectivity index (χ0v) is 11.2. The summed E-state index contributed by atoms with van der Waals surface area (Å²) < 4.78 is 10.5. The minimum absolute atomic E-state index is 0.531. The molecular weight excluding hydrogens is 238 g/mol. The fraction of sp³-hybridized carbons (Fsp3) is 0.538. The van der Waals surface area contributed by atoms with Gasteiger partial charge in [-0.2, -0.15) is 0 Å². The average Bonchev–Trinajstić information content (AvgIpc) is 2.27. The number of ether oxygens (including phenoxy) is 2. The first-order valence-corrected chi connectivity index (χ1v) is 6.20. The standard InChI is InChI=1S/C13H18ClNO2/c1-8-4-9(5-8)15-11-6-10(14)12(16-2)7-13(11)17-3/h6-9,15H,4-5H2,1-3H3. The van der Waals surface area contributed by atoms with Crippen LogP contribution in [0.3, 0.4) is 0 Å². The van der Waals surface area contributed by atoms with Crippen molar-refractivity contribution in [1.29, 1.82) is 0 Å². The molecule has 0 radical (unpaired) electrons. The molecule has 3 nitrogen and oxygen atoms in total. The second kappa shape index (κ2) is 5.05. The number of anilines is 1. The number of hydrogen-bond donors (Lipinski definition) is 1. The molecule has 1 N–H and O–H groups in total. The lowest BCUT2D eigenvalue weighted by Crippen LogP contribution is -2.33. The second-order valence-corrected chi connectivity index (χ2v) is 5.01. The predicted molar refractivity (Wildman–Crippen MR) is 70.4 cm³/mol. The number of methoxy groups -OCH3 is 2. The van der Waals surface area contributed by atoms with Crippen molar-refractivity contribution < 1.29 is 9.47 Å². The van der Waals surface area contributed by atoms with Crippen LogP contribution >= 0.6 is 11.6 Å². The summed E-state index contributed by atoms with van der Waals surface area (Å²) >= 11 is 6.11. The molecule has 94 valence electrons. The molecule has 1 aliphatic rings. The van der Waals surface area contributed by atoms with Crippen molar-refractivity contribution >= 4 is 17.3 Å². The molecule has 0 spiro atoms. The van der Waals surface area contributed by atoms with Gasteiger partial charge in [-0.05, 0) is 24.8 Å². The van der Waals surface area contributed by atoms with Crippen LogP contribution in [-0.4, -0.2) is 20.3 Å². The van der Waals surface area contributed by atoms with Crippen molar-refractivity contribution in [2.45, 2.75) is 25.8 Å². The van der Waals surface area contributed by atoms with Gasteiger partial charge in [0, 0.05) is 12.1 Å². The summed E-state index contributed by atoms with van der Waals surface area (Å²) in [4.78, 5) is 0. The molecule has 2 rings (SSSR count). The Morgan fingerprint density at radius 1 is 1.18 bits per heavy atom. The van der Waals surface area contributed by atoms with Crippen molar-refractivity contribution in [3.8, 4) is 11.5 Å². The summed E-state index contributed by atoms with van der Waals surface area (Å²) in [6.07, 6.45) is 2.40. The lowest BCUT2D eigenvalue weighted by Gasteiger charge is -2.34. The minimum atomic E-state index is 0.531. The SMILES string of the molecule is COc1cc(OC)c(NC2CC(C)C2)cc1Cl. The van der Waals surface area contributed by atoms with Crippen molar-refractivity contribution in [3.63, 3.8) is 0 Å². The molecule has 0 amide bonds. The quantitative estimate of drug-likeness (QED) is 0.892. The molecule has 0 unspecified atom stereocenters. The van der Waals surface area contributed by atoms with Crippen LogP contribution in [0.15, 0.2) is 12.1 Å². The van der Waals surface area contributed by atoms with Crippen LogP contribution in [0.2, 0.25) is 5.02 Å². The number of halogens is 1. The third kappa shape index (κ3) is 2.60. The third-order valence-electron chi connectivity index (χ3n) is 3.21.